The molecule has 0 saturated carbocycles. The van der Waals surface area contributed by atoms with Crippen LogP contribution >= 0.6 is 0 Å². The summed E-state index contributed by atoms with van der Waals surface area (Å²) < 4.78 is 18.4. The molecule has 4 nitrogen and oxygen atoms in total. The highest BCUT2D eigenvalue weighted by molar-refractivity contribution is 5.42. The molecular weight excluding hydrogens is 261 g/mol. The molecule has 0 radical (unpaired) electrons. The minimum absolute atomic E-state index is 0.0456. The number of halogens is 1. The third kappa shape index (κ3) is 3.61. The summed E-state index contributed by atoms with van der Waals surface area (Å²) in [5.74, 6) is -0.326. The Morgan fingerprint density at radius 2 is 2.00 bits per heavy atom. The number of hydrogen-bond acceptors (Lipinski definition) is 3. The Morgan fingerprint density at radius 3 is 2.70 bits per heavy atom. The topological polar surface area (TPSA) is 52.4 Å². The second kappa shape index (κ2) is 6.25. The molecule has 5 heteroatoms. The number of nitrogens with zero attached hydrogens (tertiary/aromatic N) is 1. The monoisotopic (exact) mass is 275 g/mol. The Balaban J connectivity index is 2.02. The van der Waals surface area contributed by atoms with E-state index in [2.05, 4.69) is 0 Å². The fraction of sp³-hybridized carbons (Fsp3) is 0.200. The standard InChI is InChI=1S/C15H14FNO3/c1-11-5-6-13(15(7-11)17(18)19)10-20-9-12-3-2-4-14(16)8-12/h2-8H,9-10H2,1H3. The lowest BCUT2D eigenvalue weighted by Crippen LogP contribution is -2.00. The zero-order valence-electron chi connectivity index (χ0n) is 11.0. The average Bonchev–Trinajstić information content (AvgIpc) is 2.40. The molecular formula is C15H14FNO3. The third-order valence-corrected chi connectivity index (χ3v) is 2.85. The van der Waals surface area contributed by atoms with Crippen molar-refractivity contribution >= 4 is 5.69 Å². The molecule has 0 spiro atoms. The van der Waals surface area contributed by atoms with Crippen LogP contribution in [0.5, 0.6) is 0 Å². The second-order valence-corrected chi connectivity index (χ2v) is 4.51. The summed E-state index contributed by atoms with van der Waals surface area (Å²) in [5, 5.41) is 11.0. The molecule has 0 aliphatic carbocycles. The zero-order chi connectivity index (χ0) is 14.5. The minimum Gasteiger partial charge on any atom is -0.372 e. The van der Waals surface area contributed by atoms with Gasteiger partial charge in [0.1, 0.15) is 5.82 Å². The number of rotatable bonds is 5. The molecule has 2 aromatic carbocycles. The van der Waals surface area contributed by atoms with Gasteiger partial charge in [-0.15, -0.1) is 0 Å². The molecule has 0 amide bonds. The largest absolute Gasteiger partial charge is 0.372 e. The van der Waals surface area contributed by atoms with Crippen molar-refractivity contribution in [3.63, 3.8) is 0 Å². The van der Waals surface area contributed by atoms with Gasteiger partial charge in [0.2, 0.25) is 0 Å². The highest BCUT2D eigenvalue weighted by Crippen LogP contribution is 2.21. The molecule has 0 aromatic heterocycles. The van der Waals surface area contributed by atoms with Gasteiger partial charge in [-0.3, -0.25) is 10.1 Å². The highest BCUT2D eigenvalue weighted by Gasteiger charge is 2.13. The van der Waals surface area contributed by atoms with Gasteiger partial charge < -0.3 is 4.74 Å². The number of hydrogen-bond donors (Lipinski definition) is 0. The number of benzene rings is 2. The van der Waals surface area contributed by atoms with Gasteiger partial charge >= 0.3 is 0 Å². The van der Waals surface area contributed by atoms with Gasteiger partial charge in [-0.05, 0) is 36.2 Å². The summed E-state index contributed by atoms with van der Waals surface area (Å²) in [5.41, 5.74) is 2.08. The van der Waals surface area contributed by atoms with Gasteiger partial charge in [-0.2, -0.15) is 0 Å². The lowest BCUT2D eigenvalue weighted by molar-refractivity contribution is -0.386. The van der Waals surface area contributed by atoms with E-state index in [-0.39, 0.29) is 24.7 Å². The third-order valence-electron chi connectivity index (χ3n) is 2.85. The number of nitro benzene ring substituents is 1. The summed E-state index contributed by atoms with van der Waals surface area (Å²) in [6, 6.07) is 11.1. The van der Waals surface area contributed by atoms with E-state index in [1.165, 1.54) is 18.2 Å². The van der Waals surface area contributed by atoms with Gasteiger partial charge in [-0.25, -0.2) is 4.39 Å². The lowest BCUT2D eigenvalue weighted by Gasteiger charge is -2.06. The zero-order valence-corrected chi connectivity index (χ0v) is 11.0. The van der Waals surface area contributed by atoms with E-state index in [1.54, 1.807) is 31.2 Å². The predicted octanol–water partition coefficient (Wildman–Crippen LogP) is 3.76. The Kier molecular flexibility index (Phi) is 4.42. The molecule has 0 N–H and O–H groups in total. The van der Waals surface area contributed by atoms with Crippen molar-refractivity contribution in [3.05, 3.63) is 75.1 Å². The molecule has 104 valence electrons. The second-order valence-electron chi connectivity index (χ2n) is 4.51. The van der Waals surface area contributed by atoms with Crippen LogP contribution in [0, 0.1) is 22.9 Å². The van der Waals surface area contributed by atoms with E-state index in [4.69, 9.17) is 4.74 Å². The van der Waals surface area contributed by atoms with E-state index in [0.29, 0.717) is 11.1 Å². The van der Waals surface area contributed by atoms with Gasteiger partial charge in [0.15, 0.2) is 0 Å². The van der Waals surface area contributed by atoms with Crippen molar-refractivity contribution in [2.45, 2.75) is 20.1 Å². The molecule has 0 unspecified atom stereocenters. The van der Waals surface area contributed by atoms with Crippen molar-refractivity contribution in [2.24, 2.45) is 0 Å². The van der Waals surface area contributed by atoms with E-state index in [1.807, 2.05) is 0 Å². The van der Waals surface area contributed by atoms with Gasteiger partial charge in [-0.1, -0.05) is 18.2 Å². The van der Waals surface area contributed by atoms with E-state index >= 15 is 0 Å². The molecule has 2 aromatic rings. The van der Waals surface area contributed by atoms with Crippen LogP contribution in [0.2, 0.25) is 0 Å². The smallest absolute Gasteiger partial charge is 0.275 e. The lowest BCUT2D eigenvalue weighted by atomic mass is 10.1. The molecule has 0 atom stereocenters. The highest BCUT2D eigenvalue weighted by atomic mass is 19.1. The molecule has 0 aliphatic heterocycles. The first-order valence-corrected chi connectivity index (χ1v) is 6.12. The van der Waals surface area contributed by atoms with Crippen molar-refractivity contribution in [1.29, 1.82) is 0 Å². The van der Waals surface area contributed by atoms with Crippen molar-refractivity contribution in [3.8, 4) is 0 Å². The average molecular weight is 275 g/mol. The molecule has 20 heavy (non-hydrogen) atoms. The van der Waals surface area contributed by atoms with Gasteiger partial charge in [0.25, 0.3) is 5.69 Å². The Labute approximate surface area is 116 Å². The van der Waals surface area contributed by atoms with Crippen LogP contribution in [0.1, 0.15) is 16.7 Å². The summed E-state index contributed by atoms with van der Waals surface area (Å²) in [6.07, 6.45) is 0. The Hall–Kier alpha value is -2.27. The normalized spacial score (nSPS) is 10.5. The first-order valence-electron chi connectivity index (χ1n) is 6.12. The first kappa shape index (κ1) is 14.1. The fourth-order valence-corrected chi connectivity index (χ4v) is 1.87. The van der Waals surface area contributed by atoms with Crippen LogP contribution in [0.25, 0.3) is 0 Å². The molecule has 2 rings (SSSR count). The van der Waals surface area contributed by atoms with Crippen molar-refractivity contribution < 1.29 is 14.1 Å². The van der Waals surface area contributed by atoms with E-state index in [0.717, 1.165) is 5.56 Å². The van der Waals surface area contributed by atoms with Crippen LogP contribution in [0.15, 0.2) is 42.5 Å². The number of nitro groups is 1. The van der Waals surface area contributed by atoms with Crippen LogP contribution in [-0.2, 0) is 18.0 Å². The number of aryl methyl sites for hydroxylation is 1. The predicted molar refractivity (Wildman–Crippen MR) is 72.7 cm³/mol. The maximum Gasteiger partial charge on any atom is 0.275 e. The van der Waals surface area contributed by atoms with Crippen LogP contribution in [0.3, 0.4) is 0 Å². The molecule has 0 fully saturated rings. The van der Waals surface area contributed by atoms with Crippen molar-refractivity contribution in [2.75, 3.05) is 0 Å². The summed E-state index contributed by atoms with van der Waals surface area (Å²) in [7, 11) is 0. The van der Waals surface area contributed by atoms with E-state index < -0.39 is 4.92 Å². The fourth-order valence-electron chi connectivity index (χ4n) is 1.87. The van der Waals surface area contributed by atoms with Crippen LogP contribution < -0.4 is 0 Å². The first-order chi connectivity index (χ1) is 9.56. The summed E-state index contributed by atoms with van der Waals surface area (Å²) >= 11 is 0. The minimum atomic E-state index is -0.423. The summed E-state index contributed by atoms with van der Waals surface area (Å²) in [4.78, 5) is 10.5. The van der Waals surface area contributed by atoms with Gasteiger partial charge in [0, 0.05) is 6.07 Å². The van der Waals surface area contributed by atoms with Gasteiger partial charge in [0.05, 0.1) is 23.7 Å². The maximum atomic E-state index is 13.0. The maximum absolute atomic E-state index is 13.0. The molecule has 0 heterocycles. The summed E-state index contributed by atoms with van der Waals surface area (Å²) in [6.45, 7) is 2.13. The molecule has 0 bridgehead atoms. The molecule has 0 aliphatic rings. The van der Waals surface area contributed by atoms with E-state index in [9.17, 15) is 14.5 Å². The Bertz CT molecular complexity index is 628. The SMILES string of the molecule is Cc1ccc(COCc2cccc(F)c2)c([N+](=O)[O-])c1. The van der Waals surface area contributed by atoms with Crippen LogP contribution in [0.4, 0.5) is 10.1 Å². The van der Waals surface area contributed by atoms with Crippen LogP contribution in [-0.4, -0.2) is 4.92 Å². The molecule has 0 saturated heterocycles. The number of ether oxygens (including phenoxy) is 1. The quantitative estimate of drug-likeness (QED) is 0.616. The van der Waals surface area contributed by atoms with Crippen molar-refractivity contribution in [1.82, 2.24) is 0 Å². The Morgan fingerprint density at radius 1 is 1.20 bits per heavy atom.